The maximum absolute atomic E-state index is 6.48. The van der Waals surface area contributed by atoms with E-state index in [1.807, 2.05) is 18.2 Å². The third-order valence-electron chi connectivity index (χ3n) is 6.44. The minimum atomic E-state index is 0.260. The highest BCUT2D eigenvalue weighted by molar-refractivity contribution is 6.10. The van der Waals surface area contributed by atoms with Crippen LogP contribution in [0.15, 0.2) is 77.2 Å². The number of hydrogen-bond acceptors (Lipinski definition) is 3. The molecule has 0 unspecified atom stereocenters. The predicted octanol–water partition coefficient (Wildman–Crippen LogP) is 7.86. The molecule has 0 radical (unpaired) electrons. The van der Waals surface area contributed by atoms with Gasteiger partial charge in [-0.3, -0.25) is 0 Å². The first-order valence-corrected chi connectivity index (χ1v) is 11.4. The Hall–Kier alpha value is -3.92. The van der Waals surface area contributed by atoms with Crippen molar-refractivity contribution in [2.45, 2.75) is 33.7 Å². The highest BCUT2D eigenvalue weighted by Gasteiger charge is 2.22. The Labute approximate surface area is 192 Å². The zero-order valence-corrected chi connectivity index (χ0v) is 19.3. The van der Waals surface area contributed by atoms with E-state index < -0.39 is 0 Å². The van der Waals surface area contributed by atoms with Gasteiger partial charge in [-0.1, -0.05) is 48.5 Å². The van der Waals surface area contributed by atoms with Crippen molar-refractivity contribution in [3.05, 3.63) is 83.9 Å². The van der Waals surface area contributed by atoms with Crippen molar-refractivity contribution in [3.63, 3.8) is 0 Å². The number of hydrogen-bond donors (Lipinski definition) is 0. The summed E-state index contributed by atoms with van der Waals surface area (Å²) in [5.74, 6) is 0.932. The molecule has 3 aromatic carbocycles. The molecular formula is C29H25N3O. The van der Waals surface area contributed by atoms with E-state index in [4.69, 9.17) is 14.4 Å². The lowest BCUT2D eigenvalue weighted by Gasteiger charge is -2.13. The SMILES string of the molecule is Cc1cccc2c1nc(-c1ccc(C)c3c1oc1nc(-c4ccccc4)ccc13)n2C(C)C. The summed E-state index contributed by atoms with van der Waals surface area (Å²) in [6.45, 7) is 8.64. The molecular weight excluding hydrogens is 406 g/mol. The normalized spacial score (nSPS) is 11.9. The molecule has 3 heterocycles. The molecule has 3 aromatic heterocycles. The second-order valence-corrected chi connectivity index (χ2v) is 8.99. The zero-order valence-electron chi connectivity index (χ0n) is 19.3. The molecule has 0 atom stereocenters. The number of furan rings is 1. The fourth-order valence-electron chi connectivity index (χ4n) is 4.84. The van der Waals surface area contributed by atoms with Gasteiger partial charge in [0.05, 0.1) is 22.3 Å². The molecule has 0 aliphatic heterocycles. The van der Waals surface area contributed by atoms with E-state index >= 15 is 0 Å². The number of para-hydroxylation sites is 1. The predicted molar refractivity (Wildman–Crippen MR) is 136 cm³/mol. The van der Waals surface area contributed by atoms with E-state index in [2.05, 4.69) is 86.9 Å². The Bertz CT molecular complexity index is 1660. The molecule has 0 amide bonds. The average molecular weight is 432 g/mol. The fourth-order valence-corrected chi connectivity index (χ4v) is 4.84. The summed E-state index contributed by atoms with van der Waals surface area (Å²) in [5, 5.41) is 2.14. The van der Waals surface area contributed by atoms with Gasteiger partial charge in [-0.2, -0.15) is 0 Å². The summed E-state index contributed by atoms with van der Waals surface area (Å²) in [5.41, 5.74) is 9.02. The molecule has 33 heavy (non-hydrogen) atoms. The van der Waals surface area contributed by atoms with Gasteiger partial charge in [0.1, 0.15) is 11.4 Å². The van der Waals surface area contributed by atoms with Crippen LogP contribution in [-0.2, 0) is 0 Å². The second kappa shape index (κ2) is 7.31. The van der Waals surface area contributed by atoms with E-state index in [0.29, 0.717) is 5.71 Å². The van der Waals surface area contributed by atoms with Crippen molar-refractivity contribution >= 4 is 33.1 Å². The molecule has 0 spiro atoms. The Kier molecular flexibility index (Phi) is 4.37. The summed E-state index contributed by atoms with van der Waals surface area (Å²) >= 11 is 0. The average Bonchev–Trinajstić information content (AvgIpc) is 3.40. The molecule has 162 valence electrons. The molecule has 4 heteroatoms. The third-order valence-corrected chi connectivity index (χ3v) is 6.44. The van der Waals surface area contributed by atoms with Crippen LogP contribution in [0.1, 0.15) is 31.0 Å². The molecule has 0 N–H and O–H groups in total. The molecule has 6 aromatic rings. The molecule has 0 saturated heterocycles. The van der Waals surface area contributed by atoms with E-state index in [-0.39, 0.29) is 6.04 Å². The van der Waals surface area contributed by atoms with Crippen LogP contribution >= 0.6 is 0 Å². The Morgan fingerprint density at radius 2 is 1.61 bits per heavy atom. The number of imidazole rings is 1. The van der Waals surface area contributed by atoms with Gasteiger partial charge in [0, 0.05) is 22.4 Å². The number of rotatable bonds is 3. The van der Waals surface area contributed by atoms with Crippen molar-refractivity contribution in [1.29, 1.82) is 0 Å². The zero-order chi connectivity index (χ0) is 22.7. The summed E-state index contributed by atoms with van der Waals surface area (Å²) in [7, 11) is 0. The van der Waals surface area contributed by atoms with Crippen LogP contribution in [0.3, 0.4) is 0 Å². The largest absolute Gasteiger partial charge is 0.437 e. The smallest absolute Gasteiger partial charge is 0.227 e. The molecule has 6 rings (SSSR count). The number of pyridine rings is 1. The van der Waals surface area contributed by atoms with E-state index in [9.17, 15) is 0 Å². The van der Waals surface area contributed by atoms with E-state index in [1.54, 1.807) is 0 Å². The lowest BCUT2D eigenvalue weighted by molar-refractivity contribution is 0.621. The monoisotopic (exact) mass is 431 g/mol. The molecule has 0 saturated carbocycles. The van der Waals surface area contributed by atoms with Gasteiger partial charge in [0.2, 0.25) is 5.71 Å². The van der Waals surface area contributed by atoms with Crippen molar-refractivity contribution in [3.8, 4) is 22.6 Å². The number of nitrogens with zero attached hydrogens (tertiary/aromatic N) is 3. The first-order valence-electron chi connectivity index (χ1n) is 11.4. The highest BCUT2D eigenvalue weighted by atomic mass is 16.3. The summed E-state index contributed by atoms with van der Waals surface area (Å²) in [6, 6.07) is 25.3. The maximum Gasteiger partial charge on any atom is 0.227 e. The van der Waals surface area contributed by atoms with Gasteiger partial charge in [-0.25, -0.2) is 9.97 Å². The van der Waals surface area contributed by atoms with Gasteiger partial charge in [-0.15, -0.1) is 0 Å². The van der Waals surface area contributed by atoms with Crippen LogP contribution in [0.5, 0.6) is 0 Å². The van der Waals surface area contributed by atoms with Gasteiger partial charge >= 0.3 is 0 Å². The van der Waals surface area contributed by atoms with Crippen LogP contribution in [0.25, 0.3) is 55.7 Å². The van der Waals surface area contributed by atoms with Crippen molar-refractivity contribution in [2.75, 3.05) is 0 Å². The van der Waals surface area contributed by atoms with Crippen LogP contribution in [0.2, 0.25) is 0 Å². The topological polar surface area (TPSA) is 43.9 Å². The van der Waals surface area contributed by atoms with Crippen molar-refractivity contribution < 1.29 is 4.42 Å². The first kappa shape index (κ1) is 19.7. The minimum Gasteiger partial charge on any atom is -0.437 e. The number of benzene rings is 3. The first-order chi connectivity index (χ1) is 16.0. The molecule has 0 aliphatic rings. The van der Waals surface area contributed by atoms with Crippen LogP contribution in [-0.4, -0.2) is 14.5 Å². The minimum absolute atomic E-state index is 0.260. The molecule has 4 nitrogen and oxygen atoms in total. The van der Waals surface area contributed by atoms with Crippen LogP contribution in [0.4, 0.5) is 0 Å². The second-order valence-electron chi connectivity index (χ2n) is 8.99. The Morgan fingerprint density at radius 3 is 2.39 bits per heavy atom. The fraction of sp³-hybridized carbons (Fsp3) is 0.172. The highest BCUT2D eigenvalue weighted by Crippen LogP contribution is 2.39. The summed E-state index contributed by atoms with van der Waals surface area (Å²) < 4.78 is 8.79. The number of aromatic nitrogens is 3. The third kappa shape index (κ3) is 2.98. The maximum atomic E-state index is 6.48. The lowest BCUT2D eigenvalue weighted by Crippen LogP contribution is -2.03. The lowest BCUT2D eigenvalue weighted by atomic mass is 10.0. The van der Waals surface area contributed by atoms with Gasteiger partial charge in [0.15, 0.2) is 0 Å². The standard InChI is InChI=1S/C29H25N3O/c1-17(2)32-24-12-8-9-19(4)26(24)31-28(32)22-14-13-18(3)25-21-15-16-23(20-10-6-5-7-11-20)30-29(21)33-27(22)25/h5-17H,1-4H3. The van der Waals surface area contributed by atoms with Crippen LogP contribution < -0.4 is 0 Å². The summed E-state index contributed by atoms with van der Waals surface area (Å²) in [6.07, 6.45) is 0. The Morgan fingerprint density at radius 1 is 0.788 bits per heavy atom. The van der Waals surface area contributed by atoms with Crippen molar-refractivity contribution in [2.24, 2.45) is 0 Å². The molecule has 0 aliphatic carbocycles. The molecule has 0 bridgehead atoms. The van der Waals surface area contributed by atoms with Crippen molar-refractivity contribution in [1.82, 2.24) is 14.5 Å². The number of fused-ring (bicyclic) bond motifs is 4. The van der Waals surface area contributed by atoms with E-state index in [0.717, 1.165) is 50.0 Å². The van der Waals surface area contributed by atoms with Gasteiger partial charge in [0.25, 0.3) is 0 Å². The summed E-state index contributed by atoms with van der Waals surface area (Å²) in [4.78, 5) is 9.98. The Balaban J connectivity index is 1.66. The van der Waals surface area contributed by atoms with Gasteiger partial charge < -0.3 is 8.98 Å². The van der Waals surface area contributed by atoms with Crippen LogP contribution in [0, 0.1) is 13.8 Å². The quantitative estimate of drug-likeness (QED) is 0.286. The van der Waals surface area contributed by atoms with Gasteiger partial charge in [-0.05, 0) is 63.1 Å². The number of aryl methyl sites for hydroxylation is 2. The van der Waals surface area contributed by atoms with E-state index in [1.165, 1.54) is 11.1 Å². The molecule has 0 fully saturated rings.